The molecule has 3 rings (SSSR count). The van der Waals surface area contributed by atoms with E-state index in [0.29, 0.717) is 12.8 Å². The summed E-state index contributed by atoms with van der Waals surface area (Å²) in [6, 6.07) is 9.93. The molecule has 2 atom stereocenters. The molecule has 1 aliphatic carbocycles. The van der Waals surface area contributed by atoms with Gasteiger partial charge in [0.25, 0.3) is 0 Å². The Bertz CT molecular complexity index is 538. The maximum Gasteiger partial charge on any atom is 0.332 e. The Morgan fingerprint density at radius 1 is 1.14 bits per heavy atom. The molecule has 0 radical (unpaired) electrons. The molecule has 0 spiro atoms. The van der Waals surface area contributed by atoms with Crippen molar-refractivity contribution in [2.75, 3.05) is 0 Å². The van der Waals surface area contributed by atoms with Crippen LogP contribution in [0.1, 0.15) is 37.7 Å². The quantitative estimate of drug-likeness (QED) is 0.886. The predicted octanol–water partition coefficient (Wildman–Crippen LogP) is 1.81. The maximum atomic E-state index is 12.4. The first-order chi connectivity index (χ1) is 10.1. The van der Waals surface area contributed by atoms with Crippen molar-refractivity contribution in [2.45, 2.75) is 49.9 Å². The molecule has 112 valence electrons. The summed E-state index contributed by atoms with van der Waals surface area (Å²) in [4.78, 5) is 23.3. The standard InChI is InChI=1S/C16H19NO4/c18-14(12-7-8-13(21-12)15(19)20)17-16(9-4-10-16)11-5-2-1-3-6-11/h1-3,5-6,12-13H,4,7-10H2,(H,17,18)(H,19,20)/t12-,13+/m0/s1. The summed E-state index contributed by atoms with van der Waals surface area (Å²) in [5.41, 5.74) is 0.806. The third kappa shape index (κ3) is 2.65. The number of nitrogens with one attached hydrogen (secondary N) is 1. The molecule has 5 nitrogen and oxygen atoms in total. The Morgan fingerprint density at radius 3 is 2.33 bits per heavy atom. The SMILES string of the molecule is O=C(NC1(c2ccccc2)CCC1)[C@@H]1CC[C@H](C(=O)O)O1. The number of rotatable bonds is 4. The average Bonchev–Trinajstić information content (AvgIpc) is 2.93. The molecular formula is C16H19NO4. The lowest BCUT2D eigenvalue weighted by Gasteiger charge is -2.43. The molecule has 0 unspecified atom stereocenters. The normalized spacial score (nSPS) is 26.9. The van der Waals surface area contributed by atoms with Crippen LogP contribution in [0.2, 0.25) is 0 Å². The smallest absolute Gasteiger partial charge is 0.332 e. The largest absolute Gasteiger partial charge is 0.479 e. The second-order valence-corrected chi connectivity index (χ2v) is 5.82. The number of amides is 1. The summed E-state index contributed by atoms with van der Waals surface area (Å²) in [6.07, 6.45) is 2.27. The lowest BCUT2D eigenvalue weighted by Crippen LogP contribution is -2.53. The molecule has 21 heavy (non-hydrogen) atoms. The van der Waals surface area contributed by atoms with Gasteiger partial charge in [-0.05, 0) is 37.7 Å². The molecule has 5 heteroatoms. The lowest BCUT2D eigenvalue weighted by atomic mass is 9.71. The zero-order valence-corrected chi connectivity index (χ0v) is 11.7. The Labute approximate surface area is 123 Å². The van der Waals surface area contributed by atoms with Gasteiger partial charge in [-0.1, -0.05) is 30.3 Å². The molecule has 1 aliphatic heterocycles. The number of ether oxygens (including phenoxy) is 1. The Hall–Kier alpha value is -1.88. The first-order valence-electron chi connectivity index (χ1n) is 7.36. The summed E-state index contributed by atoms with van der Waals surface area (Å²) in [5, 5.41) is 12.0. The van der Waals surface area contributed by atoms with Crippen molar-refractivity contribution in [3.8, 4) is 0 Å². The number of hydrogen-bond acceptors (Lipinski definition) is 3. The molecule has 0 bridgehead atoms. The van der Waals surface area contributed by atoms with E-state index in [-0.39, 0.29) is 11.4 Å². The Kier molecular flexibility index (Phi) is 3.68. The van der Waals surface area contributed by atoms with Gasteiger partial charge in [-0.15, -0.1) is 0 Å². The van der Waals surface area contributed by atoms with Gasteiger partial charge in [0.1, 0.15) is 6.10 Å². The van der Waals surface area contributed by atoms with Crippen molar-refractivity contribution < 1.29 is 19.4 Å². The topological polar surface area (TPSA) is 75.6 Å². The molecule has 1 aromatic rings. The van der Waals surface area contributed by atoms with Gasteiger partial charge in [0.2, 0.25) is 5.91 Å². The minimum Gasteiger partial charge on any atom is -0.479 e. The molecule has 1 saturated heterocycles. The molecule has 1 heterocycles. The van der Waals surface area contributed by atoms with Crippen molar-refractivity contribution in [2.24, 2.45) is 0 Å². The van der Waals surface area contributed by atoms with Gasteiger partial charge in [0, 0.05) is 0 Å². The number of carbonyl (C=O) groups is 2. The summed E-state index contributed by atoms with van der Waals surface area (Å²) in [5.74, 6) is -1.19. The number of aliphatic carboxylic acids is 1. The van der Waals surface area contributed by atoms with Crippen LogP contribution >= 0.6 is 0 Å². The zero-order valence-electron chi connectivity index (χ0n) is 11.7. The van der Waals surface area contributed by atoms with E-state index in [9.17, 15) is 9.59 Å². The van der Waals surface area contributed by atoms with E-state index in [4.69, 9.17) is 9.84 Å². The molecule has 1 aromatic carbocycles. The van der Waals surface area contributed by atoms with Gasteiger partial charge in [0.05, 0.1) is 5.54 Å². The van der Waals surface area contributed by atoms with E-state index in [1.165, 1.54) is 0 Å². The third-order valence-corrected chi connectivity index (χ3v) is 4.48. The van der Waals surface area contributed by atoms with Crippen LogP contribution in [0.15, 0.2) is 30.3 Å². The molecular weight excluding hydrogens is 270 g/mol. The van der Waals surface area contributed by atoms with Gasteiger partial charge in [-0.25, -0.2) is 4.79 Å². The van der Waals surface area contributed by atoms with E-state index >= 15 is 0 Å². The third-order valence-electron chi connectivity index (χ3n) is 4.48. The highest BCUT2D eigenvalue weighted by Crippen LogP contribution is 2.41. The predicted molar refractivity (Wildman–Crippen MR) is 75.6 cm³/mol. The van der Waals surface area contributed by atoms with Crippen LogP contribution in [-0.2, 0) is 19.9 Å². The van der Waals surface area contributed by atoms with Gasteiger partial charge in [0.15, 0.2) is 6.10 Å². The second kappa shape index (κ2) is 5.48. The summed E-state index contributed by atoms with van der Waals surface area (Å²) >= 11 is 0. The van der Waals surface area contributed by atoms with Crippen LogP contribution in [0.5, 0.6) is 0 Å². The fraction of sp³-hybridized carbons (Fsp3) is 0.500. The highest BCUT2D eigenvalue weighted by atomic mass is 16.5. The van der Waals surface area contributed by atoms with Crippen molar-refractivity contribution in [1.82, 2.24) is 5.32 Å². The minimum atomic E-state index is -0.994. The maximum absolute atomic E-state index is 12.4. The van der Waals surface area contributed by atoms with Crippen LogP contribution < -0.4 is 5.32 Å². The molecule has 1 amide bonds. The summed E-state index contributed by atoms with van der Waals surface area (Å²) < 4.78 is 5.32. The van der Waals surface area contributed by atoms with Gasteiger partial charge < -0.3 is 15.2 Å². The van der Waals surface area contributed by atoms with Crippen LogP contribution in [0, 0.1) is 0 Å². The number of benzene rings is 1. The van der Waals surface area contributed by atoms with Gasteiger partial charge >= 0.3 is 5.97 Å². The molecule has 2 aliphatic rings. The molecule has 2 N–H and O–H groups in total. The second-order valence-electron chi connectivity index (χ2n) is 5.82. The van der Waals surface area contributed by atoms with E-state index in [0.717, 1.165) is 24.8 Å². The number of carbonyl (C=O) groups excluding carboxylic acids is 1. The summed E-state index contributed by atoms with van der Waals surface area (Å²) in [6.45, 7) is 0. The Morgan fingerprint density at radius 2 is 1.81 bits per heavy atom. The molecule has 2 fully saturated rings. The fourth-order valence-electron chi connectivity index (χ4n) is 3.10. The van der Waals surface area contributed by atoms with Crippen LogP contribution in [0.3, 0.4) is 0 Å². The van der Waals surface area contributed by atoms with Crippen molar-refractivity contribution in [3.63, 3.8) is 0 Å². The Balaban J connectivity index is 1.68. The van der Waals surface area contributed by atoms with Crippen LogP contribution in [0.25, 0.3) is 0 Å². The first-order valence-corrected chi connectivity index (χ1v) is 7.36. The number of carboxylic acid groups (broad SMARTS) is 1. The van der Waals surface area contributed by atoms with E-state index in [1.807, 2.05) is 30.3 Å². The van der Waals surface area contributed by atoms with Gasteiger partial charge in [-0.2, -0.15) is 0 Å². The van der Waals surface area contributed by atoms with Crippen LogP contribution in [-0.4, -0.2) is 29.2 Å². The molecule has 1 saturated carbocycles. The minimum absolute atomic E-state index is 0.192. The first kappa shape index (κ1) is 14.1. The van der Waals surface area contributed by atoms with Gasteiger partial charge in [-0.3, -0.25) is 4.79 Å². The van der Waals surface area contributed by atoms with Crippen molar-refractivity contribution >= 4 is 11.9 Å². The number of carboxylic acids is 1. The van der Waals surface area contributed by atoms with Crippen LogP contribution in [0.4, 0.5) is 0 Å². The highest BCUT2D eigenvalue weighted by molar-refractivity contribution is 5.83. The lowest BCUT2D eigenvalue weighted by molar-refractivity contribution is -0.152. The summed E-state index contributed by atoms with van der Waals surface area (Å²) in [7, 11) is 0. The molecule has 0 aromatic heterocycles. The fourth-order valence-corrected chi connectivity index (χ4v) is 3.10. The monoisotopic (exact) mass is 289 g/mol. The van der Waals surface area contributed by atoms with Crippen molar-refractivity contribution in [3.05, 3.63) is 35.9 Å². The van der Waals surface area contributed by atoms with E-state index in [1.54, 1.807) is 0 Å². The van der Waals surface area contributed by atoms with Crippen molar-refractivity contribution in [1.29, 1.82) is 0 Å². The highest BCUT2D eigenvalue weighted by Gasteiger charge is 2.43. The van der Waals surface area contributed by atoms with E-state index in [2.05, 4.69) is 5.32 Å². The number of hydrogen-bond donors (Lipinski definition) is 2. The zero-order chi connectivity index (χ0) is 14.9. The van der Waals surface area contributed by atoms with E-state index < -0.39 is 18.2 Å². The average molecular weight is 289 g/mol.